The molecule has 0 aliphatic carbocycles. The molecule has 1 fully saturated rings. The summed E-state index contributed by atoms with van der Waals surface area (Å²) in [7, 11) is 1.77. The van der Waals surface area contributed by atoms with E-state index >= 15 is 0 Å². The number of rotatable bonds is 0. The highest BCUT2D eigenvalue weighted by Gasteiger charge is 2.22. The molecule has 12 heavy (non-hydrogen) atoms. The maximum Gasteiger partial charge on any atom is 0.223 e. The average Bonchev–Trinajstić information content (AvgIpc) is 2.37. The third kappa shape index (κ3) is 5.13. The predicted octanol–water partition coefficient (Wildman–Crippen LogP) is 1.23. The van der Waals surface area contributed by atoms with E-state index < -0.39 is 0 Å². The van der Waals surface area contributed by atoms with Crippen LogP contribution in [0.15, 0.2) is 0 Å². The molecule has 1 rings (SSSR count). The molecule has 3 heteroatoms. The fourth-order valence-electron chi connectivity index (χ4n) is 0.898. The maximum atomic E-state index is 10.6. The molecule has 3 nitrogen and oxygen atoms in total. The van der Waals surface area contributed by atoms with Gasteiger partial charge in [0.15, 0.2) is 0 Å². The summed E-state index contributed by atoms with van der Waals surface area (Å²) < 4.78 is 0. The first kappa shape index (κ1) is 14.0. The maximum absolute atomic E-state index is 10.6. The summed E-state index contributed by atoms with van der Waals surface area (Å²) in [6.45, 7) is 8.72. The lowest BCUT2D eigenvalue weighted by molar-refractivity contribution is -0.126. The lowest BCUT2D eigenvalue weighted by Gasteiger charge is -2.04. The van der Waals surface area contributed by atoms with E-state index in [1.54, 1.807) is 11.9 Å². The zero-order valence-corrected chi connectivity index (χ0v) is 8.92. The normalized spacial score (nSPS) is 20.7. The number of nitrogens with two attached hydrogens (primary N) is 1. The quantitative estimate of drug-likeness (QED) is 0.600. The largest absolute Gasteiger partial charge is 0.344 e. The van der Waals surface area contributed by atoms with Crippen molar-refractivity contribution in [2.24, 2.45) is 5.73 Å². The van der Waals surface area contributed by atoms with Gasteiger partial charge in [-0.1, -0.05) is 27.7 Å². The Morgan fingerprint density at radius 3 is 1.83 bits per heavy atom. The van der Waals surface area contributed by atoms with Gasteiger partial charge in [0.05, 0.1) is 0 Å². The Kier molecular flexibility index (Phi) is 9.93. The van der Waals surface area contributed by atoms with Crippen LogP contribution in [-0.4, -0.2) is 30.4 Å². The highest BCUT2D eigenvalue weighted by Crippen LogP contribution is 2.04. The third-order valence-electron chi connectivity index (χ3n) is 1.37. The fourth-order valence-corrected chi connectivity index (χ4v) is 0.898. The molecule has 0 saturated carbocycles. The Balaban J connectivity index is 0. The van der Waals surface area contributed by atoms with Crippen LogP contribution in [-0.2, 0) is 4.79 Å². The molecule has 1 unspecified atom stereocenters. The summed E-state index contributed by atoms with van der Waals surface area (Å²) in [5.41, 5.74) is 5.45. The lowest BCUT2D eigenvalue weighted by atomic mass is 10.3. The van der Waals surface area contributed by atoms with Crippen LogP contribution < -0.4 is 5.73 Å². The van der Waals surface area contributed by atoms with Crippen molar-refractivity contribution in [3.63, 3.8) is 0 Å². The molecular weight excluding hydrogens is 152 g/mol. The third-order valence-corrected chi connectivity index (χ3v) is 1.37. The molecule has 0 spiro atoms. The van der Waals surface area contributed by atoms with Gasteiger partial charge in [-0.25, -0.2) is 0 Å². The molecule has 74 valence electrons. The monoisotopic (exact) mass is 174 g/mol. The van der Waals surface area contributed by atoms with E-state index in [1.165, 1.54) is 0 Å². The standard InChI is InChI=1S/C5H10N2O.2C2H6/c1-7-3-4(6)2-5(7)8;2*1-2/h4H,2-3,6H2,1H3;2*1-2H3. The minimum absolute atomic E-state index is 0.0764. The Morgan fingerprint density at radius 1 is 1.33 bits per heavy atom. The van der Waals surface area contributed by atoms with E-state index in [0.29, 0.717) is 6.42 Å². The summed E-state index contributed by atoms with van der Waals surface area (Å²) in [6.07, 6.45) is 0.524. The van der Waals surface area contributed by atoms with Crippen molar-refractivity contribution in [2.45, 2.75) is 40.2 Å². The molecule has 1 aliphatic rings. The highest BCUT2D eigenvalue weighted by atomic mass is 16.2. The molecule has 1 amide bonds. The molecule has 1 heterocycles. The van der Waals surface area contributed by atoms with E-state index in [2.05, 4.69) is 0 Å². The van der Waals surface area contributed by atoms with Crippen LogP contribution >= 0.6 is 0 Å². The van der Waals surface area contributed by atoms with Gasteiger partial charge in [0.2, 0.25) is 5.91 Å². The SMILES string of the molecule is CC.CC.CN1CC(N)CC1=O. The fraction of sp³-hybridized carbons (Fsp3) is 0.889. The number of hydrogen-bond donors (Lipinski definition) is 1. The summed E-state index contributed by atoms with van der Waals surface area (Å²) in [4.78, 5) is 12.3. The lowest BCUT2D eigenvalue weighted by Crippen LogP contribution is -2.24. The van der Waals surface area contributed by atoms with E-state index in [9.17, 15) is 4.79 Å². The number of amides is 1. The second-order valence-corrected chi connectivity index (χ2v) is 2.24. The minimum Gasteiger partial charge on any atom is -0.344 e. The number of nitrogens with zero attached hydrogens (tertiary/aromatic N) is 1. The summed E-state index contributed by atoms with van der Waals surface area (Å²) >= 11 is 0. The molecular formula is C9H22N2O. The van der Waals surface area contributed by atoms with E-state index in [-0.39, 0.29) is 11.9 Å². The van der Waals surface area contributed by atoms with Crippen LogP contribution in [0.25, 0.3) is 0 Å². The Hall–Kier alpha value is -0.570. The van der Waals surface area contributed by atoms with Crippen molar-refractivity contribution in [1.82, 2.24) is 4.90 Å². The van der Waals surface area contributed by atoms with Crippen molar-refractivity contribution in [2.75, 3.05) is 13.6 Å². The van der Waals surface area contributed by atoms with Crippen LogP contribution in [0.5, 0.6) is 0 Å². The molecule has 0 aromatic carbocycles. The molecule has 1 atom stereocenters. The minimum atomic E-state index is 0.0764. The average molecular weight is 174 g/mol. The first-order chi connectivity index (χ1) is 5.70. The number of carbonyl (C=O) groups is 1. The Labute approximate surface area is 75.9 Å². The van der Waals surface area contributed by atoms with Gasteiger partial charge in [-0.15, -0.1) is 0 Å². The van der Waals surface area contributed by atoms with Crippen molar-refractivity contribution >= 4 is 5.91 Å². The van der Waals surface area contributed by atoms with Crippen LogP contribution in [0.2, 0.25) is 0 Å². The van der Waals surface area contributed by atoms with Gasteiger partial charge in [-0.05, 0) is 0 Å². The number of carbonyl (C=O) groups excluding carboxylic acids is 1. The first-order valence-electron chi connectivity index (χ1n) is 4.69. The van der Waals surface area contributed by atoms with Gasteiger partial charge in [0.25, 0.3) is 0 Å². The van der Waals surface area contributed by atoms with Crippen molar-refractivity contribution in [1.29, 1.82) is 0 Å². The topological polar surface area (TPSA) is 46.3 Å². The van der Waals surface area contributed by atoms with E-state index in [4.69, 9.17) is 5.73 Å². The summed E-state index contributed by atoms with van der Waals surface area (Å²) in [6, 6.07) is 0.0764. The summed E-state index contributed by atoms with van der Waals surface area (Å²) in [5.74, 6) is 0.164. The second kappa shape index (κ2) is 8.53. The van der Waals surface area contributed by atoms with Crippen LogP contribution in [0.4, 0.5) is 0 Å². The highest BCUT2D eigenvalue weighted by molar-refractivity contribution is 5.78. The Morgan fingerprint density at radius 2 is 1.75 bits per heavy atom. The number of likely N-dealkylation sites (N-methyl/N-ethyl adjacent to an activating group) is 1. The van der Waals surface area contributed by atoms with Crippen LogP contribution in [0, 0.1) is 0 Å². The Bertz CT molecular complexity index is 115. The second-order valence-electron chi connectivity index (χ2n) is 2.24. The molecule has 0 aromatic heterocycles. The van der Waals surface area contributed by atoms with Gasteiger partial charge >= 0.3 is 0 Å². The number of likely N-dealkylation sites (tertiary alicyclic amines) is 1. The molecule has 0 radical (unpaired) electrons. The van der Waals surface area contributed by atoms with Crippen LogP contribution in [0.1, 0.15) is 34.1 Å². The smallest absolute Gasteiger partial charge is 0.223 e. The van der Waals surface area contributed by atoms with Gasteiger partial charge < -0.3 is 10.6 Å². The molecule has 2 N–H and O–H groups in total. The molecule has 0 bridgehead atoms. The van der Waals surface area contributed by atoms with E-state index in [0.717, 1.165) is 6.54 Å². The number of hydrogen-bond acceptors (Lipinski definition) is 2. The van der Waals surface area contributed by atoms with Gasteiger partial charge in [-0.2, -0.15) is 0 Å². The zero-order valence-electron chi connectivity index (χ0n) is 8.92. The zero-order chi connectivity index (χ0) is 10.1. The predicted molar refractivity (Wildman–Crippen MR) is 52.9 cm³/mol. The van der Waals surface area contributed by atoms with Crippen molar-refractivity contribution in [3.8, 4) is 0 Å². The molecule has 1 saturated heterocycles. The van der Waals surface area contributed by atoms with Crippen LogP contribution in [0.3, 0.4) is 0 Å². The van der Waals surface area contributed by atoms with Crippen molar-refractivity contribution in [3.05, 3.63) is 0 Å². The van der Waals surface area contributed by atoms with Gasteiger partial charge in [0.1, 0.15) is 0 Å². The van der Waals surface area contributed by atoms with Crippen molar-refractivity contribution < 1.29 is 4.79 Å². The molecule has 1 aliphatic heterocycles. The van der Waals surface area contributed by atoms with Gasteiger partial charge in [-0.3, -0.25) is 4.79 Å². The van der Waals surface area contributed by atoms with E-state index in [1.807, 2.05) is 27.7 Å². The van der Waals surface area contributed by atoms with Gasteiger partial charge in [0, 0.05) is 26.1 Å². The first-order valence-corrected chi connectivity index (χ1v) is 4.69. The summed E-state index contributed by atoms with van der Waals surface area (Å²) in [5, 5.41) is 0. The molecule has 0 aromatic rings.